The van der Waals surface area contributed by atoms with Crippen molar-refractivity contribution in [1.82, 2.24) is 15.0 Å². The van der Waals surface area contributed by atoms with Crippen LogP contribution >= 0.6 is 0 Å². The van der Waals surface area contributed by atoms with E-state index in [1.807, 2.05) is 0 Å². The van der Waals surface area contributed by atoms with Crippen LogP contribution in [0.4, 0.5) is 0 Å². The summed E-state index contributed by atoms with van der Waals surface area (Å²) < 4.78 is 1.65. The Labute approximate surface area is 110 Å². The van der Waals surface area contributed by atoms with E-state index < -0.39 is 0 Å². The lowest BCUT2D eigenvalue weighted by atomic mass is 10.1. The highest BCUT2D eigenvalue weighted by Gasteiger charge is 2.02. The van der Waals surface area contributed by atoms with Crippen molar-refractivity contribution in [2.45, 2.75) is 13.5 Å². The molecule has 1 heterocycles. The zero-order chi connectivity index (χ0) is 13.7. The number of rotatable bonds is 4. The highest BCUT2D eigenvalue weighted by Crippen LogP contribution is 2.10. The summed E-state index contributed by atoms with van der Waals surface area (Å²) in [5.74, 6) is -0.0307. The van der Waals surface area contributed by atoms with E-state index >= 15 is 0 Å². The Kier molecular flexibility index (Phi) is 3.92. The van der Waals surface area contributed by atoms with Crippen LogP contribution in [0, 0.1) is 0 Å². The Morgan fingerprint density at radius 3 is 2.79 bits per heavy atom. The van der Waals surface area contributed by atoms with Gasteiger partial charge in [-0.05, 0) is 36.8 Å². The SMILES string of the molecule is C/C(=N\NC(=O)Cn1ccnc1)c1ccc(O)cc1. The summed E-state index contributed by atoms with van der Waals surface area (Å²) in [6.07, 6.45) is 4.88. The zero-order valence-electron chi connectivity index (χ0n) is 10.4. The largest absolute Gasteiger partial charge is 0.508 e. The molecule has 2 N–H and O–H groups in total. The van der Waals surface area contributed by atoms with Crippen LogP contribution in [0.1, 0.15) is 12.5 Å². The lowest BCUT2D eigenvalue weighted by Gasteiger charge is -2.03. The molecule has 6 heteroatoms. The van der Waals surface area contributed by atoms with Gasteiger partial charge in [-0.3, -0.25) is 4.79 Å². The molecule has 6 nitrogen and oxygen atoms in total. The van der Waals surface area contributed by atoms with Crippen LogP contribution in [0.5, 0.6) is 5.75 Å². The summed E-state index contributed by atoms with van der Waals surface area (Å²) in [6, 6.07) is 6.61. The second-order valence-corrected chi connectivity index (χ2v) is 4.01. The van der Waals surface area contributed by atoms with Gasteiger partial charge in [0, 0.05) is 12.4 Å². The summed E-state index contributed by atoms with van der Waals surface area (Å²) in [6.45, 7) is 1.95. The Balaban J connectivity index is 1.94. The van der Waals surface area contributed by atoms with E-state index in [4.69, 9.17) is 0 Å². The monoisotopic (exact) mass is 258 g/mol. The number of carbonyl (C=O) groups excluding carboxylic acids is 1. The molecule has 0 bridgehead atoms. The highest BCUT2D eigenvalue weighted by molar-refractivity contribution is 5.99. The fourth-order valence-electron chi connectivity index (χ4n) is 1.49. The van der Waals surface area contributed by atoms with E-state index in [-0.39, 0.29) is 18.2 Å². The number of amides is 1. The maximum Gasteiger partial charge on any atom is 0.260 e. The van der Waals surface area contributed by atoms with Gasteiger partial charge in [0.25, 0.3) is 5.91 Å². The van der Waals surface area contributed by atoms with Gasteiger partial charge in [-0.25, -0.2) is 10.4 Å². The molecular formula is C13H14N4O2. The number of benzene rings is 1. The Morgan fingerprint density at radius 1 is 1.42 bits per heavy atom. The number of aromatic nitrogens is 2. The van der Waals surface area contributed by atoms with Crippen LogP contribution in [-0.2, 0) is 11.3 Å². The maximum atomic E-state index is 11.6. The molecule has 0 aliphatic carbocycles. The molecule has 98 valence electrons. The second-order valence-electron chi connectivity index (χ2n) is 4.01. The normalized spacial score (nSPS) is 11.3. The summed E-state index contributed by atoms with van der Waals surface area (Å²) in [4.78, 5) is 15.4. The molecule has 2 aromatic rings. The topological polar surface area (TPSA) is 79.5 Å². The van der Waals surface area contributed by atoms with Gasteiger partial charge >= 0.3 is 0 Å². The van der Waals surface area contributed by atoms with Gasteiger partial charge in [0.15, 0.2) is 0 Å². The maximum absolute atomic E-state index is 11.6. The Hall–Kier alpha value is -2.63. The third-order valence-corrected chi connectivity index (χ3v) is 2.52. The molecule has 1 aromatic carbocycles. The van der Waals surface area contributed by atoms with Crippen LogP contribution in [0.2, 0.25) is 0 Å². The molecule has 0 fully saturated rings. The van der Waals surface area contributed by atoms with Crippen LogP contribution in [0.3, 0.4) is 0 Å². The first kappa shape index (κ1) is 12.8. The number of imidazole rings is 1. The van der Waals surface area contributed by atoms with Gasteiger partial charge in [-0.15, -0.1) is 0 Å². The molecule has 1 aromatic heterocycles. The summed E-state index contributed by atoms with van der Waals surface area (Å²) >= 11 is 0. The smallest absolute Gasteiger partial charge is 0.260 e. The molecule has 0 saturated heterocycles. The minimum Gasteiger partial charge on any atom is -0.508 e. The summed E-state index contributed by atoms with van der Waals surface area (Å²) in [7, 11) is 0. The number of phenols is 1. The first-order valence-corrected chi connectivity index (χ1v) is 5.73. The number of nitrogens with one attached hydrogen (secondary N) is 1. The van der Waals surface area contributed by atoms with Crippen molar-refractivity contribution in [2.75, 3.05) is 0 Å². The summed E-state index contributed by atoms with van der Waals surface area (Å²) in [5.41, 5.74) is 3.97. The third-order valence-electron chi connectivity index (χ3n) is 2.52. The van der Waals surface area contributed by atoms with Crippen molar-refractivity contribution >= 4 is 11.6 Å². The van der Waals surface area contributed by atoms with Crippen LogP contribution in [0.15, 0.2) is 48.1 Å². The number of phenolic OH excluding ortho intramolecular Hbond substituents is 1. The molecule has 0 saturated carbocycles. The van der Waals surface area contributed by atoms with Crippen LogP contribution in [0.25, 0.3) is 0 Å². The van der Waals surface area contributed by atoms with E-state index in [0.717, 1.165) is 5.56 Å². The number of carbonyl (C=O) groups is 1. The molecule has 0 spiro atoms. The molecular weight excluding hydrogens is 244 g/mol. The Morgan fingerprint density at radius 2 is 2.16 bits per heavy atom. The molecule has 0 atom stereocenters. The van der Waals surface area contributed by atoms with E-state index in [2.05, 4.69) is 15.5 Å². The average Bonchev–Trinajstić information content (AvgIpc) is 2.89. The van der Waals surface area contributed by atoms with E-state index in [0.29, 0.717) is 5.71 Å². The van der Waals surface area contributed by atoms with Gasteiger partial charge in [-0.2, -0.15) is 5.10 Å². The van der Waals surface area contributed by atoms with Crippen molar-refractivity contribution in [3.8, 4) is 5.75 Å². The molecule has 0 aliphatic rings. The molecule has 19 heavy (non-hydrogen) atoms. The Bertz CT molecular complexity index is 573. The fourth-order valence-corrected chi connectivity index (χ4v) is 1.49. The van der Waals surface area contributed by atoms with Crippen molar-refractivity contribution in [1.29, 1.82) is 0 Å². The third kappa shape index (κ3) is 3.67. The van der Waals surface area contributed by atoms with Crippen LogP contribution in [-0.4, -0.2) is 26.3 Å². The zero-order valence-corrected chi connectivity index (χ0v) is 10.4. The minimum absolute atomic E-state index is 0.173. The van der Waals surface area contributed by atoms with Crippen molar-refractivity contribution in [3.05, 3.63) is 48.5 Å². The number of aromatic hydroxyl groups is 1. The first-order chi connectivity index (χ1) is 9.15. The molecule has 0 radical (unpaired) electrons. The highest BCUT2D eigenvalue weighted by atomic mass is 16.3. The quantitative estimate of drug-likeness (QED) is 0.637. The van der Waals surface area contributed by atoms with E-state index in [1.165, 1.54) is 0 Å². The van der Waals surface area contributed by atoms with Crippen molar-refractivity contribution in [2.24, 2.45) is 5.10 Å². The molecule has 0 aliphatic heterocycles. The van der Waals surface area contributed by atoms with Crippen LogP contribution < -0.4 is 5.43 Å². The molecule has 1 amide bonds. The van der Waals surface area contributed by atoms with Crippen molar-refractivity contribution < 1.29 is 9.90 Å². The first-order valence-electron chi connectivity index (χ1n) is 5.73. The average molecular weight is 258 g/mol. The standard InChI is InChI=1S/C13H14N4O2/c1-10(11-2-4-12(18)5-3-11)15-16-13(19)8-17-7-6-14-9-17/h2-7,9,18H,8H2,1H3,(H,16,19)/b15-10+. The van der Waals surface area contributed by atoms with Gasteiger partial charge in [0.1, 0.15) is 12.3 Å². The second kappa shape index (κ2) is 5.81. The number of nitrogens with zero attached hydrogens (tertiary/aromatic N) is 3. The summed E-state index contributed by atoms with van der Waals surface area (Å²) in [5, 5.41) is 13.2. The van der Waals surface area contributed by atoms with Gasteiger partial charge in [-0.1, -0.05) is 0 Å². The van der Waals surface area contributed by atoms with Gasteiger partial charge in [0.2, 0.25) is 0 Å². The molecule has 2 rings (SSSR count). The predicted molar refractivity (Wildman–Crippen MR) is 70.7 cm³/mol. The minimum atomic E-state index is -0.226. The van der Waals surface area contributed by atoms with Gasteiger partial charge < -0.3 is 9.67 Å². The fraction of sp³-hybridized carbons (Fsp3) is 0.154. The van der Waals surface area contributed by atoms with Crippen molar-refractivity contribution in [3.63, 3.8) is 0 Å². The number of hydrogen-bond acceptors (Lipinski definition) is 4. The van der Waals surface area contributed by atoms with Gasteiger partial charge in [0.05, 0.1) is 12.0 Å². The lowest BCUT2D eigenvalue weighted by molar-refractivity contribution is -0.121. The molecule has 0 unspecified atom stereocenters. The van der Waals surface area contributed by atoms with E-state index in [1.54, 1.807) is 54.5 Å². The van der Waals surface area contributed by atoms with E-state index in [9.17, 15) is 9.90 Å². The predicted octanol–water partition coefficient (Wildman–Crippen LogP) is 1.13. The number of hydrogen-bond donors (Lipinski definition) is 2. The number of hydrazone groups is 1. The lowest BCUT2D eigenvalue weighted by Crippen LogP contribution is -2.23.